The zero-order chi connectivity index (χ0) is 11.4. The lowest BCUT2D eigenvalue weighted by Crippen LogP contribution is -1.88. The van der Waals surface area contributed by atoms with Gasteiger partial charge in [-0.25, -0.2) is 0 Å². The van der Waals surface area contributed by atoms with Gasteiger partial charge in [0, 0.05) is 10.6 Å². The second-order valence-electron chi connectivity index (χ2n) is 3.30. The molecule has 0 atom stereocenters. The van der Waals surface area contributed by atoms with Crippen molar-refractivity contribution in [2.45, 2.75) is 5.88 Å². The summed E-state index contributed by atoms with van der Waals surface area (Å²) in [5.74, 6) is 1.96. The van der Waals surface area contributed by atoms with E-state index in [4.69, 9.17) is 27.9 Å². The van der Waals surface area contributed by atoms with Crippen LogP contribution in [0.15, 0.2) is 48.5 Å². The van der Waals surface area contributed by atoms with Crippen LogP contribution < -0.4 is 4.74 Å². The second kappa shape index (κ2) is 5.24. The summed E-state index contributed by atoms with van der Waals surface area (Å²) in [6.07, 6.45) is 0. The van der Waals surface area contributed by atoms with Gasteiger partial charge < -0.3 is 4.74 Å². The van der Waals surface area contributed by atoms with E-state index in [1.165, 1.54) is 0 Å². The minimum absolute atomic E-state index is 0.434. The average molecular weight is 253 g/mol. The molecule has 0 radical (unpaired) electrons. The first kappa shape index (κ1) is 11.3. The number of alkyl halides is 1. The zero-order valence-electron chi connectivity index (χ0n) is 8.49. The van der Waals surface area contributed by atoms with Gasteiger partial charge in [0.2, 0.25) is 0 Å². The molecule has 0 aromatic heterocycles. The Morgan fingerprint density at radius 1 is 0.938 bits per heavy atom. The van der Waals surface area contributed by atoms with Crippen LogP contribution in [0.1, 0.15) is 5.56 Å². The Balaban J connectivity index is 2.23. The number of para-hydroxylation sites is 1. The topological polar surface area (TPSA) is 9.23 Å². The Hall–Kier alpha value is -1.18. The van der Waals surface area contributed by atoms with Crippen LogP contribution in [-0.4, -0.2) is 0 Å². The minimum atomic E-state index is 0.434. The molecule has 0 N–H and O–H groups in total. The molecule has 0 spiro atoms. The number of hydrogen-bond acceptors (Lipinski definition) is 1. The third kappa shape index (κ3) is 2.69. The van der Waals surface area contributed by atoms with Crippen molar-refractivity contribution in [1.82, 2.24) is 0 Å². The third-order valence-electron chi connectivity index (χ3n) is 2.16. The van der Waals surface area contributed by atoms with E-state index in [2.05, 4.69) is 0 Å². The van der Waals surface area contributed by atoms with Crippen molar-refractivity contribution >= 4 is 23.2 Å². The zero-order valence-corrected chi connectivity index (χ0v) is 10.0. The highest BCUT2D eigenvalue weighted by Crippen LogP contribution is 2.27. The molecule has 0 fully saturated rings. The van der Waals surface area contributed by atoms with Gasteiger partial charge in [-0.15, -0.1) is 11.6 Å². The van der Waals surface area contributed by atoms with Gasteiger partial charge >= 0.3 is 0 Å². The van der Waals surface area contributed by atoms with Crippen LogP contribution in [0.25, 0.3) is 0 Å². The van der Waals surface area contributed by atoms with Gasteiger partial charge in [-0.3, -0.25) is 0 Å². The van der Waals surface area contributed by atoms with E-state index in [0.717, 1.165) is 17.1 Å². The van der Waals surface area contributed by atoms with E-state index < -0.39 is 0 Å². The summed E-state index contributed by atoms with van der Waals surface area (Å²) in [6.45, 7) is 0. The maximum Gasteiger partial charge on any atom is 0.131 e. The van der Waals surface area contributed by atoms with Crippen molar-refractivity contribution < 1.29 is 4.74 Å². The Morgan fingerprint density at radius 3 is 2.31 bits per heavy atom. The fraction of sp³-hybridized carbons (Fsp3) is 0.0769. The van der Waals surface area contributed by atoms with Crippen LogP contribution in [0.4, 0.5) is 0 Å². The Bertz CT molecular complexity index is 466. The maximum absolute atomic E-state index is 5.82. The second-order valence-corrected chi connectivity index (χ2v) is 4.00. The molecule has 2 aromatic rings. The molecule has 3 heteroatoms. The van der Waals surface area contributed by atoms with Gasteiger partial charge in [-0.05, 0) is 30.3 Å². The molecule has 0 aliphatic carbocycles. The molecule has 16 heavy (non-hydrogen) atoms. The number of halogens is 2. The number of benzene rings is 2. The van der Waals surface area contributed by atoms with Gasteiger partial charge in [-0.1, -0.05) is 29.8 Å². The van der Waals surface area contributed by atoms with Gasteiger partial charge in [-0.2, -0.15) is 0 Å². The maximum atomic E-state index is 5.82. The number of rotatable bonds is 3. The van der Waals surface area contributed by atoms with Crippen molar-refractivity contribution in [3.05, 3.63) is 59.1 Å². The van der Waals surface area contributed by atoms with Crippen LogP contribution in [0.5, 0.6) is 11.5 Å². The molecule has 0 aliphatic rings. The van der Waals surface area contributed by atoms with Crippen molar-refractivity contribution in [3.8, 4) is 11.5 Å². The molecule has 0 unspecified atom stereocenters. The van der Waals surface area contributed by atoms with E-state index >= 15 is 0 Å². The van der Waals surface area contributed by atoms with Gasteiger partial charge in [0.15, 0.2) is 0 Å². The van der Waals surface area contributed by atoms with E-state index in [0.29, 0.717) is 10.9 Å². The highest BCUT2D eigenvalue weighted by molar-refractivity contribution is 6.30. The van der Waals surface area contributed by atoms with E-state index in [1.54, 1.807) is 12.1 Å². The smallest absolute Gasteiger partial charge is 0.131 e. The number of ether oxygens (including phenoxy) is 1. The van der Waals surface area contributed by atoms with Crippen LogP contribution >= 0.6 is 23.2 Å². The van der Waals surface area contributed by atoms with Crippen molar-refractivity contribution in [1.29, 1.82) is 0 Å². The van der Waals surface area contributed by atoms with Gasteiger partial charge in [0.25, 0.3) is 0 Å². The molecular formula is C13H10Cl2O. The summed E-state index contributed by atoms with van der Waals surface area (Å²) in [5, 5.41) is 0.693. The third-order valence-corrected chi connectivity index (χ3v) is 2.70. The summed E-state index contributed by atoms with van der Waals surface area (Å²) in [5.41, 5.74) is 0.971. The molecule has 1 nitrogen and oxygen atoms in total. The summed E-state index contributed by atoms with van der Waals surface area (Å²) in [6, 6.07) is 14.9. The average Bonchev–Trinajstić information content (AvgIpc) is 2.33. The molecule has 2 rings (SSSR count). The summed E-state index contributed by atoms with van der Waals surface area (Å²) in [4.78, 5) is 0. The Kier molecular flexibility index (Phi) is 3.70. The highest BCUT2D eigenvalue weighted by atomic mass is 35.5. The van der Waals surface area contributed by atoms with Crippen LogP contribution in [-0.2, 0) is 5.88 Å². The largest absolute Gasteiger partial charge is 0.457 e. The summed E-state index contributed by atoms with van der Waals surface area (Å²) in [7, 11) is 0. The first-order valence-corrected chi connectivity index (χ1v) is 5.78. The molecule has 0 aliphatic heterocycles. The van der Waals surface area contributed by atoms with E-state index in [1.807, 2.05) is 36.4 Å². The minimum Gasteiger partial charge on any atom is -0.457 e. The Morgan fingerprint density at radius 2 is 1.62 bits per heavy atom. The molecule has 82 valence electrons. The Labute approximate surface area is 105 Å². The highest BCUT2D eigenvalue weighted by Gasteiger charge is 2.02. The summed E-state index contributed by atoms with van der Waals surface area (Å²) >= 11 is 11.6. The molecule has 0 heterocycles. The van der Waals surface area contributed by atoms with Crippen molar-refractivity contribution in [3.63, 3.8) is 0 Å². The fourth-order valence-electron chi connectivity index (χ4n) is 1.34. The van der Waals surface area contributed by atoms with E-state index in [9.17, 15) is 0 Å². The standard InChI is InChI=1S/C13H10Cl2O/c14-9-10-3-1-2-4-13(10)16-12-7-5-11(15)6-8-12/h1-8H,9H2. The molecule has 0 saturated heterocycles. The summed E-state index contributed by atoms with van der Waals surface area (Å²) < 4.78 is 5.71. The van der Waals surface area contributed by atoms with E-state index in [-0.39, 0.29) is 0 Å². The SMILES string of the molecule is ClCc1ccccc1Oc1ccc(Cl)cc1. The molecule has 0 saturated carbocycles. The first-order valence-electron chi connectivity index (χ1n) is 4.87. The first-order chi connectivity index (χ1) is 7.79. The lowest BCUT2D eigenvalue weighted by molar-refractivity contribution is 0.478. The van der Waals surface area contributed by atoms with Crippen molar-refractivity contribution in [2.75, 3.05) is 0 Å². The normalized spacial score (nSPS) is 10.1. The predicted molar refractivity (Wildman–Crippen MR) is 67.5 cm³/mol. The quantitative estimate of drug-likeness (QED) is 0.709. The lowest BCUT2D eigenvalue weighted by atomic mass is 10.2. The van der Waals surface area contributed by atoms with Crippen LogP contribution in [0.3, 0.4) is 0 Å². The lowest BCUT2D eigenvalue weighted by Gasteiger charge is -2.09. The molecule has 0 bridgehead atoms. The van der Waals surface area contributed by atoms with Gasteiger partial charge in [0.1, 0.15) is 11.5 Å². The molecular weight excluding hydrogens is 243 g/mol. The van der Waals surface area contributed by atoms with Gasteiger partial charge in [0.05, 0.1) is 5.88 Å². The molecule has 2 aromatic carbocycles. The molecule has 0 amide bonds. The fourth-order valence-corrected chi connectivity index (χ4v) is 1.69. The monoisotopic (exact) mass is 252 g/mol. The number of hydrogen-bond donors (Lipinski definition) is 0. The van der Waals surface area contributed by atoms with Crippen LogP contribution in [0, 0.1) is 0 Å². The van der Waals surface area contributed by atoms with Crippen LogP contribution in [0.2, 0.25) is 5.02 Å². The predicted octanol–water partition coefficient (Wildman–Crippen LogP) is 4.87. The van der Waals surface area contributed by atoms with Crippen molar-refractivity contribution in [2.24, 2.45) is 0 Å².